The number of halogens is 1. The number of aromatic nitrogens is 1. The molecule has 3 N–H and O–H groups in total. The van der Waals surface area contributed by atoms with Crippen LogP contribution in [0.15, 0.2) is 42.6 Å². The second kappa shape index (κ2) is 5.41. The zero-order valence-electron chi connectivity index (χ0n) is 9.36. The first-order chi connectivity index (χ1) is 8.29. The normalized spacial score (nSPS) is 10.2. The number of benzene rings is 1. The lowest BCUT2D eigenvalue weighted by Crippen LogP contribution is -2.06. The predicted molar refractivity (Wildman–Crippen MR) is 65.9 cm³/mol. The van der Waals surface area contributed by atoms with Gasteiger partial charge in [-0.2, -0.15) is 0 Å². The second-order valence-corrected chi connectivity index (χ2v) is 3.68. The van der Waals surface area contributed by atoms with E-state index in [-0.39, 0.29) is 5.82 Å². The maximum absolute atomic E-state index is 13.0. The van der Waals surface area contributed by atoms with Crippen molar-refractivity contribution in [3.8, 4) is 0 Å². The van der Waals surface area contributed by atoms with Crippen molar-refractivity contribution < 1.29 is 4.39 Å². The highest BCUT2D eigenvalue weighted by Crippen LogP contribution is 2.17. The maximum Gasteiger partial charge on any atom is 0.123 e. The Bertz CT molecular complexity index is 485. The predicted octanol–water partition coefficient (Wildman–Crippen LogP) is 2.29. The molecule has 0 spiro atoms. The molecule has 0 aliphatic rings. The van der Waals surface area contributed by atoms with Crippen LogP contribution in [0, 0.1) is 5.82 Å². The van der Waals surface area contributed by atoms with Gasteiger partial charge in [-0.1, -0.05) is 6.07 Å². The molecule has 1 aromatic carbocycles. The van der Waals surface area contributed by atoms with Gasteiger partial charge >= 0.3 is 0 Å². The molecule has 0 saturated carbocycles. The molecule has 1 aromatic heterocycles. The Morgan fingerprint density at radius 1 is 1.24 bits per heavy atom. The molecule has 0 unspecified atom stereocenters. The molecule has 0 fully saturated rings. The summed E-state index contributed by atoms with van der Waals surface area (Å²) in [5.74, 6) is -0.270. The topological polar surface area (TPSA) is 50.9 Å². The molecule has 3 nitrogen and oxygen atoms in total. The molecule has 0 atom stereocenters. The summed E-state index contributed by atoms with van der Waals surface area (Å²) in [6.45, 7) is 0.905. The third-order valence-corrected chi connectivity index (χ3v) is 2.47. The zero-order chi connectivity index (χ0) is 12.1. The van der Waals surface area contributed by atoms with Gasteiger partial charge in [-0.25, -0.2) is 4.39 Å². The van der Waals surface area contributed by atoms with Gasteiger partial charge in [0.15, 0.2) is 0 Å². The summed E-state index contributed by atoms with van der Waals surface area (Å²) in [6, 6.07) is 10.3. The Morgan fingerprint density at radius 3 is 2.82 bits per heavy atom. The van der Waals surface area contributed by atoms with E-state index in [4.69, 9.17) is 5.73 Å². The maximum atomic E-state index is 13.0. The largest absolute Gasteiger partial charge is 0.379 e. The number of nitrogens with one attached hydrogen (secondary N) is 1. The minimum Gasteiger partial charge on any atom is -0.379 e. The van der Waals surface area contributed by atoms with Crippen molar-refractivity contribution in [1.82, 2.24) is 4.98 Å². The summed E-state index contributed by atoms with van der Waals surface area (Å²) in [4.78, 5) is 4.20. The fraction of sp³-hybridized carbons (Fsp3) is 0.154. The van der Waals surface area contributed by atoms with Gasteiger partial charge in [-0.15, -0.1) is 0 Å². The molecule has 0 radical (unpaired) electrons. The first kappa shape index (κ1) is 11.5. The van der Waals surface area contributed by atoms with Gasteiger partial charge in [0, 0.05) is 18.4 Å². The van der Waals surface area contributed by atoms with Crippen molar-refractivity contribution in [3.63, 3.8) is 0 Å². The standard InChI is InChI=1S/C13H14FN3/c14-11-4-5-13(10(7-11)8-15)17-9-12-3-1-2-6-16-12/h1-7,17H,8-9,15H2. The number of nitrogens with zero attached hydrogens (tertiary/aromatic N) is 1. The van der Waals surface area contributed by atoms with Gasteiger partial charge in [0.1, 0.15) is 5.82 Å². The van der Waals surface area contributed by atoms with Crippen LogP contribution in [0.3, 0.4) is 0 Å². The molecule has 17 heavy (non-hydrogen) atoms. The van der Waals surface area contributed by atoms with Crippen molar-refractivity contribution in [2.75, 3.05) is 5.32 Å². The van der Waals surface area contributed by atoms with Crippen LogP contribution < -0.4 is 11.1 Å². The van der Waals surface area contributed by atoms with Crippen molar-refractivity contribution in [2.45, 2.75) is 13.1 Å². The smallest absolute Gasteiger partial charge is 0.123 e. The highest BCUT2D eigenvalue weighted by Gasteiger charge is 2.02. The number of nitrogens with two attached hydrogens (primary N) is 1. The lowest BCUT2D eigenvalue weighted by atomic mass is 10.1. The average Bonchev–Trinajstić information content (AvgIpc) is 2.38. The van der Waals surface area contributed by atoms with Gasteiger partial charge in [0.25, 0.3) is 0 Å². The molecule has 88 valence electrons. The number of anilines is 1. The van der Waals surface area contributed by atoms with E-state index in [1.165, 1.54) is 12.1 Å². The summed E-state index contributed by atoms with van der Waals surface area (Å²) >= 11 is 0. The molecule has 2 aromatic rings. The van der Waals surface area contributed by atoms with E-state index >= 15 is 0 Å². The van der Waals surface area contributed by atoms with Crippen LogP contribution in [0.4, 0.5) is 10.1 Å². The summed E-state index contributed by atoms with van der Waals surface area (Å²) < 4.78 is 13.0. The van der Waals surface area contributed by atoms with Crippen LogP contribution in [-0.2, 0) is 13.1 Å². The quantitative estimate of drug-likeness (QED) is 0.848. The molecule has 0 bridgehead atoms. The van der Waals surface area contributed by atoms with Crippen LogP contribution in [0.2, 0.25) is 0 Å². The molecule has 0 aliphatic heterocycles. The van der Waals surface area contributed by atoms with Crippen molar-refractivity contribution in [1.29, 1.82) is 0 Å². The first-order valence-corrected chi connectivity index (χ1v) is 5.42. The van der Waals surface area contributed by atoms with Crippen molar-refractivity contribution >= 4 is 5.69 Å². The minimum absolute atomic E-state index is 0.270. The van der Waals surface area contributed by atoms with E-state index in [1.807, 2.05) is 18.2 Å². The van der Waals surface area contributed by atoms with Gasteiger partial charge in [0.05, 0.1) is 12.2 Å². The lowest BCUT2D eigenvalue weighted by molar-refractivity contribution is 0.625. The summed E-state index contributed by atoms with van der Waals surface area (Å²) in [6.07, 6.45) is 1.74. The van der Waals surface area contributed by atoms with Crippen LogP contribution in [0.5, 0.6) is 0 Å². The highest BCUT2D eigenvalue weighted by atomic mass is 19.1. The van der Waals surface area contributed by atoms with Gasteiger partial charge < -0.3 is 11.1 Å². The van der Waals surface area contributed by atoms with E-state index in [2.05, 4.69) is 10.3 Å². The third-order valence-electron chi connectivity index (χ3n) is 2.47. The molecule has 4 heteroatoms. The van der Waals surface area contributed by atoms with E-state index in [0.29, 0.717) is 13.1 Å². The molecule has 0 aliphatic carbocycles. The van der Waals surface area contributed by atoms with Crippen molar-refractivity contribution in [2.24, 2.45) is 5.73 Å². The Hall–Kier alpha value is -1.94. The molecule has 0 amide bonds. The lowest BCUT2D eigenvalue weighted by Gasteiger charge is -2.10. The molecule has 1 heterocycles. The van der Waals surface area contributed by atoms with Crippen LogP contribution in [0.25, 0.3) is 0 Å². The van der Waals surface area contributed by atoms with Crippen molar-refractivity contribution in [3.05, 3.63) is 59.7 Å². The first-order valence-electron chi connectivity index (χ1n) is 5.42. The van der Waals surface area contributed by atoms with E-state index in [1.54, 1.807) is 12.3 Å². The van der Waals surface area contributed by atoms with Crippen LogP contribution in [-0.4, -0.2) is 4.98 Å². The molecule has 2 rings (SSSR count). The Balaban J connectivity index is 2.09. The fourth-order valence-electron chi connectivity index (χ4n) is 1.59. The monoisotopic (exact) mass is 231 g/mol. The average molecular weight is 231 g/mol. The zero-order valence-corrected chi connectivity index (χ0v) is 9.36. The summed E-state index contributed by atoms with van der Waals surface area (Å²) in [5, 5.41) is 3.20. The highest BCUT2D eigenvalue weighted by molar-refractivity contribution is 5.51. The van der Waals surface area contributed by atoms with E-state index < -0.39 is 0 Å². The Morgan fingerprint density at radius 2 is 2.12 bits per heavy atom. The van der Waals surface area contributed by atoms with Gasteiger partial charge in [0.2, 0.25) is 0 Å². The van der Waals surface area contributed by atoms with Crippen LogP contribution in [0.1, 0.15) is 11.3 Å². The van der Waals surface area contributed by atoms with Crippen LogP contribution >= 0.6 is 0 Å². The number of rotatable bonds is 4. The Kier molecular flexibility index (Phi) is 3.67. The van der Waals surface area contributed by atoms with Gasteiger partial charge in [-0.3, -0.25) is 4.98 Å². The summed E-state index contributed by atoms with van der Waals surface area (Å²) in [7, 11) is 0. The summed E-state index contributed by atoms with van der Waals surface area (Å²) in [5.41, 5.74) is 8.11. The molecule has 0 saturated heterocycles. The number of hydrogen-bond donors (Lipinski definition) is 2. The number of pyridine rings is 1. The fourth-order valence-corrected chi connectivity index (χ4v) is 1.59. The minimum atomic E-state index is -0.270. The van der Waals surface area contributed by atoms with Gasteiger partial charge in [-0.05, 0) is 35.9 Å². The Labute approximate surface area is 99.5 Å². The molecular weight excluding hydrogens is 217 g/mol. The number of hydrogen-bond acceptors (Lipinski definition) is 3. The third kappa shape index (κ3) is 3.01. The second-order valence-electron chi connectivity index (χ2n) is 3.68. The van der Waals surface area contributed by atoms with E-state index in [0.717, 1.165) is 16.9 Å². The SMILES string of the molecule is NCc1cc(F)ccc1NCc1ccccn1. The molecular formula is C13H14FN3. The van der Waals surface area contributed by atoms with E-state index in [9.17, 15) is 4.39 Å².